The monoisotopic (exact) mass is 158 g/mol. The van der Waals surface area contributed by atoms with Gasteiger partial charge in [-0.3, -0.25) is 9.55 Å². The Hall–Kier alpha value is -0.490. The van der Waals surface area contributed by atoms with Crippen molar-refractivity contribution >= 4 is 5.78 Å². The lowest BCUT2D eigenvalue weighted by Crippen LogP contribution is -2.57. The summed E-state index contributed by atoms with van der Waals surface area (Å²) in [4.78, 5) is 10.9. The minimum atomic E-state index is -0.584. The standard InChI is InChI=1S/C6H10N2O3/c9-6-3-7-1-2-11-5-8(7,10)4-6/h1-5H2. The predicted octanol–water partition coefficient (Wildman–Crippen LogP) is -0.912. The van der Waals surface area contributed by atoms with Crippen LogP contribution in [0.4, 0.5) is 0 Å². The number of hydrogen-bond acceptors (Lipinski definition) is 4. The van der Waals surface area contributed by atoms with Crippen LogP contribution in [0.15, 0.2) is 0 Å². The molecular formula is C6H10N2O3. The maximum atomic E-state index is 11.6. The molecule has 5 heteroatoms. The van der Waals surface area contributed by atoms with E-state index in [-0.39, 0.29) is 19.1 Å². The van der Waals surface area contributed by atoms with E-state index < -0.39 is 4.76 Å². The number of hydroxylamine groups is 2. The third kappa shape index (κ3) is 1.06. The zero-order valence-corrected chi connectivity index (χ0v) is 6.15. The van der Waals surface area contributed by atoms with E-state index in [1.54, 1.807) is 5.01 Å². The smallest absolute Gasteiger partial charge is 0.208 e. The van der Waals surface area contributed by atoms with E-state index in [2.05, 4.69) is 0 Å². The van der Waals surface area contributed by atoms with Gasteiger partial charge in [-0.15, -0.1) is 5.01 Å². The number of hydrogen-bond donors (Lipinski definition) is 0. The quantitative estimate of drug-likeness (QED) is 0.338. The number of carbonyl (C=O) groups is 1. The van der Waals surface area contributed by atoms with Gasteiger partial charge < -0.3 is 9.94 Å². The lowest BCUT2D eigenvalue weighted by atomic mass is 10.4. The Morgan fingerprint density at radius 2 is 2.45 bits per heavy atom. The molecule has 0 amide bonds. The number of ketones is 1. The van der Waals surface area contributed by atoms with Crippen molar-refractivity contribution in [2.45, 2.75) is 0 Å². The van der Waals surface area contributed by atoms with E-state index in [4.69, 9.17) is 4.74 Å². The predicted molar refractivity (Wildman–Crippen MR) is 35.9 cm³/mol. The van der Waals surface area contributed by atoms with Gasteiger partial charge in [0, 0.05) is 0 Å². The zero-order valence-electron chi connectivity index (χ0n) is 6.15. The molecule has 1 atom stereocenters. The lowest BCUT2D eigenvalue weighted by Gasteiger charge is -2.45. The first-order chi connectivity index (χ1) is 5.21. The molecule has 0 bridgehead atoms. The maximum absolute atomic E-state index is 11.6. The highest BCUT2D eigenvalue weighted by molar-refractivity contribution is 5.82. The summed E-state index contributed by atoms with van der Waals surface area (Å²) >= 11 is 0. The first-order valence-electron chi connectivity index (χ1n) is 3.64. The van der Waals surface area contributed by atoms with E-state index in [1.165, 1.54) is 0 Å². The van der Waals surface area contributed by atoms with Crippen LogP contribution in [0, 0.1) is 5.21 Å². The van der Waals surface area contributed by atoms with Gasteiger partial charge in [0.15, 0.2) is 6.54 Å². The second-order valence-electron chi connectivity index (χ2n) is 2.97. The molecule has 0 aromatic heterocycles. The Balaban J connectivity index is 2.17. The van der Waals surface area contributed by atoms with Crippen molar-refractivity contribution in [2.75, 3.05) is 33.0 Å². The number of ether oxygens (including phenoxy) is 1. The van der Waals surface area contributed by atoms with Gasteiger partial charge in [-0.1, -0.05) is 0 Å². The third-order valence-corrected chi connectivity index (χ3v) is 2.08. The van der Waals surface area contributed by atoms with Crippen molar-refractivity contribution in [3.8, 4) is 0 Å². The second kappa shape index (κ2) is 2.25. The summed E-state index contributed by atoms with van der Waals surface area (Å²) in [7, 11) is 0. The number of fused-ring (bicyclic) bond motifs is 1. The largest absolute Gasteiger partial charge is 0.609 e. The normalized spacial score (nSPS) is 39.2. The van der Waals surface area contributed by atoms with Gasteiger partial charge in [0.25, 0.3) is 0 Å². The van der Waals surface area contributed by atoms with Crippen LogP contribution >= 0.6 is 0 Å². The number of quaternary nitrogens is 1. The molecule has 11 heavy (non-hydrogen) atoms. The first-order valence-corrected chi connectivity index (χ1v) is 3.64. The molecule has 0 aliphatic carbocycles. The third-order valence-electron chi connectivity index (χ3n) is 2.08. The van der Waals surface area contributed by atoms with E-state index in [0.29, 0.717) is 19.7 Å². The van der Waals surface area contributed by atoms with E-state index in [0.717, 1.165) is 0 Å². The van der Waals surface area contributed by atoms with E-state index in [1.807, 2.05) is 0 Å². The van der Waals surface area contributed by atoms with Crippen LogP contribution in [0.2, 0.25) is 0 Å². The molecule has 2 aliphatic rings. The van der Waals surface area contributed by atoms with E-state index in [9.17, 15) is 10.0 Å². The van der Waals surface area contributed by atoms with Crippen LogP contribution in [0.5, 0.6) is 0 Å². The number of carbonyl (C=O) groups excluding carboxylic acids is 1. The van der Waals surface area contributed by atoms with E-state index >= 15 is 0 Å². The minimum absolute atomic E-state index is 0.0190. The van der Waals surface area contributed by atoms with Gasteiger partial charge in [0.05, 0.1) is 13.2 Å². The van der Waals surface area contributed by atoms with Gasteiger partial charge in [0.1, 0.15) is 6.54 Å². The Morgan fingerprint density at radius 3 is 3.18 bits per heavy atom. The molecule has 5 nitrogen and oxygen atoms in total. The fourth-order valence-electron chi connectivity index (χ4n) is 1.52. The van der Waals surface area contributed by atoms with Gasteiger partial charge >= 0.3 is 0 Å². The van der Waals surface area contributed by atoms with Crippen LogP contribution in [-0.2, 0) is 9.53 Å². The van der Waals surface area contributed by atoms with Crippen molar-refractivity contribution in [1.82, 2.24) is 5.01 Å². The maximum Gasteiger partial charge on any atom is 0.208 e. The van der Waals surface area contributed by atoms with Crippen LogP contribution < -0.4 is 0 Å². The molecule has 2 heterocycles. The van der Waals surface area contributed by atoms with Crippen LogP contribution in [0.1, 0.15) is 0 Å². The average molecular weight is 158 g/mol. The molecule has 2 saturated heterocycles. The van der Waals surface area contributed by atoms with Crippen molar-refractivity contribution in [1.29, 1.82) is 0 Å². The molecule has 0 spiro atoms. The zero-order chi connectivity index (χ0) is 7.90. The number of rotatable bonds is 0. The Bertz CT molecular complexity index is 196. The highest BCUT2D eigenvalue weighted by Crippen LogP contribution is 2.20. The molecule has 1 unspecified atom stereocenters. The van der Waals surface area contributed by atoms with Gasteiger partial charge in [-0.2, -0.15) is 0 Å². The molecule has 62 valence electrons. The summed E-state index contributed by atoms with van der Waals surface area (Å²) in [5.74, 6) is 0.0190. The van der Waals surface area contributed by atoms with Crippen molar-refractivity contribution < 1.29 is 14.3 Å². The minimum Gasteiger partial charge on any atom is -0.609 e. The highest BCUT2D eigenvalue weighted by atomic mass is 16.7. The molecule has 0 saturated carbocycles. The Labute approximate surface area is 64.3 Å². The van der Waals surface area contributed by atoms with Crippen molar-refractivity contribution in [3.63, 3.8) is 0 Å². The summed E-state index contributed by atoms with van der Waals surface area (Å²) < 4.78 is 4.42. The second-order valence-corrected chi connectivity index (χ2v) is 2.97. The van der Waals surface area contributed by atoms with Crippen molar-refractivity contribution in [2.24, 2.45) is 0 Å². The van der Waals surface area contributed by atoms with Crippen LogP contribution in [-0.4, -0.2) is 48.5 Å². The van der Waals surface area contributed by atoms with Gasteiger partial charge in [-0.05, 0) is 0 Å². The van der Waals surface area contributed by atoms with Crippen molar-refractivity contribution in [3.05, 3.63) is 5.21 Å². The molecule has 2 aliphatic heterocycles. The summed E-state index contributed by atoms with van der Waals surface area (Å²) in [5.41, 5.74) is 0. The summed E-state index contributed by atoms with van der Waals surface area (Å²) in [5, 5.41) is 13.2. The lowest BCUT2D eigenvalue weighted by molar-refractivity contribution is -1.00. The van der Waals surface area contributed by atoms with Crippen LogP contribution in [0.3, 0.4) is 0 Å². The Kier molecular flexibility index (Phi) is 1.47. The van der Waals surface area contributed by atoms with Crippen LogP contribution in [0.25, 0.3) is 0 Å². The van der Waals surface area contributed by atoms with Gasteiger partial charge in [-0.25, -0.2) is 0 Å². The molecule has 0 aromatic rings. The van der Waals surface area contributed by atoms with Gasteiger partial charge in [0.2, 0.25) is 12.5 Å². The number of Topliss-reactive ketones (excluding diaryl/α,β-unsaturated/α-hetero) is 1. The first kappa shape index (κ1) is 7.17. The topological polar surface area (TPSA) is 52.6 Å². The molecular weight excluding hydrogens is 148 g/mol. The summed E-state index contributed by atoms with van der Waals surface area (Å²) in [6.07, 6.45) is 0. The summed E-state index contributed by atoms with van der Waals surface area (Å²) in [6.45, 7) is 1.60. The molecule has 0 N–H and O–H groups in total. The molecule has 0 radical (unpaired) electrons. The summed E-state index contributed by atoms with van der Waals surface area (Å²) in [6, 6.07) is 0. The molecule has 2 fully saturated rings. The SMILES string of the molecule is O=C1CN2CCOC[N+]2([O-])C1. The average Bonchev–Trinajstić information content (AvgIpc) is 2.22. The fraction of sp³-hybridized carbons (Fsp3) is 0.833. The fourth-order valence-corrected chi connectivity index (χ4v) is 1.52. The molecule has 2 rings (SSSR count). The molecule has 0 aromatic carbocycles. The Morgan fingerprint density at radius 1 is 1.64 bits per heavy atom. The highest BCUT2D eigenvalue weighted by Gasteiger charge is 2.40. The number of nitrogens with zero attached hydrogens (tertiary/aromatic N) is 2.